The maximum atomic E-state index is 5.91. The van der Waals surface area contributed by atoms with Crippen LogP contribution < -0.4 is 4.43 Å². The number of hydrogen-bond acceptors (Lipinski definition) is 1. The van der Waals surface area contributed by atoms with E-state index < -0.39 is 8.32 Å². The van der Waals surface area contributed by atoms with Crippen LogP contribution in [0.4, 0.5) is 0 Å². The van der Waals surface area contributed by atoms with E-state index in [9.17, 15) is 0 Å². The third-order valence-electron chi connectivity index (χ3n) is 1.55. The molecular formula is C10H15ClOSi. The monoisotopic (exact) mass is 214 g/mol. The highest BCUT2D eigenvalue weighted by molar-refractivity contribution is 6.70. The minimum absolute atomic E-state index is 0.794. The minimum Gasteiger partial charge on any atom is -0.544 e. The molecule has 1 aromatic carbocycles. The van der Waals surface area contributed by atoms with E-state index in [1.807, 2.05) is 25.1 Å². The largest absolute Gasteiger partial charge is 0.544 e. The summed E-state index contributed by atoms with van der Waals surface area (Å²) in [4.78, 5) is 0. The van der Waals surface area contributed by atoms with Crippen LogP contribution >= 0.6 is 11.6 Å². The SMILES string of the molecule is Cc1cc(O[Si](C)(C)C)ccc1Cl. The molecule has 1 aromatic rings. The topological polar surface area (TPSA) is 9.23 Å². The lowest BCUT2D eigenvalue weighted by atomic mass is 10.2. The molecule has 1 nitrogen and oxygen atoms in total. The zero-order chi connectivity index (χ0) is 10.1. The van der Waals surface area contributed by atoms with Gasteiger partial charge in [0.05, 0.1) is 0 Å². The van der Waals surface area contributed by atoms with Crippen molar-refractivity contribution in [1.82, 2.24) is 0 Å². The second-order valence-electron chi connectivity index (χ2n) is 4.13. The Balaban J connectivity index is 2.86. The smallest absolute Gasteiger partial charge is 0.242 e. The van der Waals surface area contributed by atoms with Crippen LogP contribution in [0.2, 0.25) is 24.7 Å². The molecule has 0 amide bonds. The van der Waals surface area contributed by atoms with Gasteiger partial charge in [0.25, 0.3) is 0 Å². The van der Waals surface area contributed by atoms with Crippen molar-refractivity contribution in [3.05, 3.63) is 28.8 Å². The van der Waals surface area contributed by atoms with Crippen molar-refractivity contribution in [1.29, 1.82) is 0 Å². The second-order valence-corrected chi connectivity index (χ2v) is 8.96. The van der Waals surface area contributed by atoms with Gasteiger partial charge in [0.15, 0.2) is 0 Å². The van der Waals surface area contributed by atoms with Crippen LogP contribution in [-0.2, 0) is 0 Å². The summed E-state index contributed by atoms with van der Waals surface area (Å²) in [6.45, 7) is 8.48. The van der Waals surface area contributed by atoms with Gasteiger partial charge in [0.2, 0.25) is 8.32 Å². The molecule has 0 heterocycles. The molecule has 13 heavy (non-hydrogen) atoms. The summed E-state index contributed by atoms with van der Waals surface area (Å²) in [5, 5.41) is 0.794. The van der Waals surface area contributed by atoms with Crippen LogP contribution in [0, 0.1) is 6.92 Å². The summed E-state index contributed by atoms with van der Waals surface area (Å²) in [5.74, 6) is 0.932. The first kappa shape index (κ1) is 10.6. The summed E-state index contributed by atoms with van der Waals surface area (Å²) in [5.41, 5.74) is 1.07. The lowest BCUT2D eigenvalue weighted by Gasteiger charge is -2.19. The zero-order valence-corrected chi connectivity index (χ0v) is 10.3. The number of rotatable bonds is 2. The molecule has 0 bridgehead atoms. The fraction of sp³-hybridized carbons (Fsp3) is 0.400. The number of halogens is 1. The average Bonchev–Trinajstić information content (AvgIpc) is 1.94. The molecule has 0 aromatic heterocycles. The molecule has 0 radical (unpaired) electrons. The van der Waals surface area contributed by atoms with Crippen molar-refractivity contribution >= 4 is 19.9 Å². The Morgan fingerprint density at radius 1 is 1.23 bits per heavy atom. The average molecular weight is 215 g/mol. The highest BCUT2D eigenvalue weighted by atomic mass is 35.5. The highest BCUT2D eigenvalue weighted by Crippen LogP contribution is 2.23. The van der Waals surface area contributed by atoms with E-state index in [0.717, 1.165) is 16.3 Å². The first-order valence-electron chi connectivity index (χ1n) is 4.34. The molecule has 0 atom stereocenters. The van der Waals surface area contributed by atoms with Gasteiger partial charge >= 0.3 is 0 Å². The molecule has 0 saturated carbocycles. The van der Waals surface area contributed by atoms with Crippen LogP contribution in [0.1, 0.15) is 5.56 Å². The Hall–Kier alpha value is -0.473. The Morgan fingerprint density at radius 3 is 2.31 bits per heavy atom. The van der Waals surface area contributed by atoms with Gasteiger partial charge < -0.3 is 4.43 Å². The number of benzene rings is 1. The van der Waals surface area contributed by atoms with Crippen LogP contribution in [0.3, 0.4) is 0 Å². The summed E-state index contributed by atoms with van der Waals surface area (Å²) in [6, 6.07) is 5.79. The molecule has 0 aliphatic carbocycles. The molecule has 72 valence electrons. The lowest BCUT2D eigenvalue weighted by molar-refractivity contribution is 0.557. The van der Waals surface area contributed by atoms with Crippen LogP contribution in [0.5, 0.6) is 5.75 Å². The third kappa shape index (κ3) is 3.41. The zero-order valence-electron chi connectivity index (χ0n) is 8.52. The van der Waals surface area contributed by atoms with Crippen molar-refractivity contribution in [2.75, 3.05) is 0 Å². The Kier molecular flexibility index (Phi) is 3.04. The van der Waals surface area contributed by atoms with E-state index in [1.54, 1.807) is 0 Å². The molecule has 0 saturated heterocycles. The van der Waals surface area contributed by atoms with Crippen molar-refractivity contribution < 1.29 is 4.43 Å². The van der Waals surface area contributed by atoms with Gasteiger partial charge in [-0.05, 0) is 50.3 Å². The molecular weight excluding hydrogens is 200 g/mol. The van der Waals surface area contributed by atoms with E-state index in [2.05, 4.69) is 19.6 Å². The van der Waals surface area contributed by atoms with E-state index in [0.29, 0.717) is 0 Å². The first-order valence-corrected chi connectivity index (χ1v) is 8.12. The molecule has 0 N–H and O–H groups in total. The normalized spacial score (nSPS) is 11.5. The van der Waals surface area contributed by atoms with E-state index in [1.165, 1.54) is 0 Å². The summed E-state index contributed by atoms with van der Waals surface area (Å²) < 4.78 is 5.82. The molecule has 0 aliphatic heterocycles. The van der Waals surface area contributed by atoms with Gasteiger partial charge in [-0.2, -0.15) is 0 Å². The third-order valence-corrected chi connectivity index (χ3v) is 2.83. The Labute approximate surface area is 85.8 Å². The summed E-state index contributed by atoms with van der Waals surface area (Å²) in [7, 11) is -1.48. The predicted octanol–water partition coefficient (Wildman–Crippen LogP) is 3.86. The van der Waals surface area contributed by atoms with Crippen LogP contribution in [-0.4, -0.2) is 8.32 Å². The van der Waals surface area contributed by atoms with Gasteiger partial charge in [0.1, 0.15) is 5.75 Å². The van der Waals surface area contributed by atoms with Crippen molar-refractivity contribution in [3.63, 3.8) is 0 Å². The minimum atomic E-state index is -1.48. The van der Waals surface area contributed by atoms with Gasteiger partial charge in [0, 0.05) is 5.02 Å². The van der Waals surface area contributed by atoms with Crippen LogP contribution in [0.25, 0.3) is 0 Å². The molecule has 0 spiro atoms. The highest BCUT2D eigenvalue weighted by Gasteiger charge is 2.16. The second kappa shape index (κ2) is 3.72. The van der Waals surface area contributed by atoms with Gasteiger partial charge in [-0.25, -0.2) is 0 Å². The maximum absolute atomic E-state index is 5.91. The maximum Gasteiger partial charge on any atom is 0.242 e. The standard InChI is InChI=1S/C10H15ClOSi/c1-8-7-9(5-6-10(8)11)12-13(2,3)4/h5-7H,1-4H3. The van der Waals surface area contributed by atoms with Gasteiger partial charge in [-0.15, -0.1) is 0 Å². The molecule has 0 unspecified atom stereocenters. The Bertz CT molecular complexity index is 304. The van der Waals surface area contributed by atoms with Crippen molar-refractivity contribution in [2.24, 2.45) is 0 Å². The van der Waals surface area contributed by atoms with E-state index in [4.69, 9.17) is 16.0 Å². The van der Waals surface area contributed by atoms with E-state index >= 15 is 0 Å². The molecule has 0 fully saturated rings. The lowest BCUT2D eigenvalue weighted by Crippen LogP contribution is -2.29. The summed E-state index contributed by atoms with van der Waals surface area (Å²) >= 11 is 5.91. The van der Waals surface area contributed by atoms with Crippen molar-refractivity contribution in [2.45, 2.75) is 26.6 Å². The van der Waals surface area contributed by atoms with Crippen molar-refractivity contribution in [3.8, 4) is 5.75 Å². The van der Waals surface area contributed by atoms with Gasteiger partial charge in [-0.1, -0.05) is 11.6 Å². The summed E-state index contributed by atoms with van der Waals surface area (Å²) in [6.07, 6.45) is 0. The first-order chi connectivity index (χ1) is 5.88. The molecule has 3 heteroatoms. The van der Waals surface area contributed by atoms with E-state index in [-0.39, 0.29) is 0 Å². The fourth-order valence-corrected chi connectivity index (χ4v) is 1.99. The molecule has 1 rings (SSSR count). The number of hydrogen-bond donors (Lipinski definition) is 0. The Morgan fingerprint density at radius 2 is 1.85 bits per heavy atom. The molecule has 0 aliphatic rings. The quantitative estimate of drug-likeness (QED) is 0.680. The van der Waals surface area contributed by atoms with Crippen LogP contribution in [0.15, 0.2) is 18.2 Å². The fourth-order valence-electron chi connectivity index (χ4n) is 1.03. The van der Waals surface area contributed by atoms with Gasteiger partial charge in [-0.3, -0.25) is 0 Å². The number of aryl methyl sites for hydroxylation is 1. The predicted molar refractivity (Wildman–Crippen MR) is 60.2 cm³/mol.